The summed E-state index contributed by atoms with van der Waals surface area (Å²) in [6, 6.07) is 22.6. The van der Waals surface area contributed by atoms with Crippen molar-refractivity contribution in [3.63, 3.8) is 0 Å². The van der Waals surface area contributed by atoms with Gasteiger partial charge in [-0.3, -0.25) is 0 Å². The number of nitrogens with one attached hydrogen (secondary N) is 1. The van der Waals surface area contributed by atoms with Crippen LogP contribution < -0.4 is 5.32 Å². The van der Waals surface area contributed by atoms with Gasteiger partial charge < -0.3 is 9.73 Å². The summed E-state index contributed by atoms with van der Waals surface area (Å²) in [6.45, 7) is 0. The summed E-state index contributed by atoms with van der Waals surface area (Å²) in [6.07, 6.45) is 0. The second kappa shape index (κ2) is 5.11. The molecule has 1 N–H and O–H groups in total. The number of halogens is 1. The lowest BCUT2D eigenvalue weighted by Crippen LogP contribution is -2.21. The topological polar surface area (TPSA) is 37.5 Å². The second-order valence-corrected chi connectivity index (χ2v) is 6.24. The minimum atomic E-state index is -0.542. The van der Waals surface area contributed by atoms with Gasteiger partial charge in [0.15, 0.2) is 5.62 Å². The van der Waals surface area contributed by atoms with E-state index in [0.717, 1.165) is 27.8 Å². The van der Waals surface area contributed by atoms with Crippen molar-refractivity contribution < 1.29 is 4.42 Å². The molecule has 116 valence electrons. The summed E-state index contributed by atoms with van der Waals surface area (Å²) >= 11 is 6.28. The van der Waals surface area contributed by atoms with Gasteiger partial charge in [0.25, 0.3) is 0 Å². The zero-order valence-corrected chi connectivity index (χ0v) is 13.4. The molecule has 1 unspecified atom stereocenters. The predicted octanol–water partition coefficient (Wildman–Crippen LogP) is 5.37. The molecule has 0 bridgehead atoms. The number of furan rings is 1. The van der Waals surface area contributed by atoms with Crippen LogP contribution in [0.3, 0.4) is 0 Å². The fraction of sp³-hybridized carbons (Fsp3) is 0.0500. The van der Waals surface area contributed by atoms with Gasteiger partial charge in [-0.2, -0.15) is 0 Å². The third-order valence-corrected chi connectivity index (χ3v) is 4.55. The molecule has 0 fully saturated rings. The maximum Gasteiger partial charge on any atom is 0.206 e. The normalized spacial score (nSPS) is 16.7. The molecule has 4 aromatic rings. The molecule has 1 aromatic heterocycles. The minimum Gasteiger partial charge on any atom is -0.440 e. The van der Waals surface area contributed by atoms with Crippen LogP contribution in [-0.2, 0) is 0 Å². The van der Waals surface area contributed by atoms with Crippen molar-refractivity contribution in [2.45, 2.75) is 5.62 Å². The molecule has 1 aliphatic heterocycles. The number of alkyl halides is 1. The molecular weight excluding hydrogens is 320 g/mol. The van der Waals surface area contributed by atoms with Crippen LogP contribution in [0.15, 0.2) is 76.1 Å². The first-order chi connectivity index (χ1) is 11.8. The molecule has 0 saturated carbocycles. The van der Waals surface area contributed by atoms with Gasteiger partial charge in [-0.25, -0.2) is 4.99 Å². The smallest absolute Gasteiger partial charge is 0.206 e. The first-order valence-corrected chi connectivity index (χ1v) is 8.23. The molecule has 1 aliphatic rings. The molecule has 2 heterocycles. The lowest BCUT2D eigenvalue weighted by molar-refractivity contribution is 0.621. The van der Waals surface area contributed by atoms with E-state index in [1.165, 1.54) is 10.8 Å². The van der Waals surface area contributed by atoms with Gasteiger partial charge in [0.05, 0.1) is 11.3 Å². The van der Waals surface area contributed by atoms with Gasteiger partial charge >= 0.3 is 0 Å². The van der Waals surface area contributed by atoms with Crippen molar-refractivity contribution in [3.05, 3.63) is 77.9 Å². The van der Waals surface area contributed by atoms with Crippen molar-refractivity contribution >= 4 is 44.9 Å². The van der Waals surface area contributed by atoms with Crippen LogP contribution in [0.1, 0.15) is 11.1 Å². The maximum absolute atomic E-state index is 6.28. The summed E-state index contributed by atoms with van der Waals surface area (Å²) in [5, 5.41) is 6.52. The molecule has 5 rings (SSSR count). The highest BCUT2D eigenvalue weighted by atomic mass is 35.5. The Bertz CT molecular complexity index is 1110. The molecule has 24 heavy (non-hydrogen) atoms. The number of nitrogens with zero attached hydrogens (tertiary/aromatic N) is 1. The second-order valence-electron chi connectivity index (χ2n) is 5.82. The monoisotopic (exact) mass is 332 g/mol. The number of hydrogen-bond acceptors (Lipinski definition) is 3. The quantitative estimate of drug-likeness (QED) is 0.376. The van der Waals surface area contributed by atoms with E-state index in [9.17, 15) is 0 Å². The van der Waals surface area contributed by atoms with Crippen LogP contribution in [0.2, 0.25) is 0 Å². The van der Waals surface area contributed by atoms with Crippen molar-refractivity contribution in [1.82, 2.24) is 0 Å². The number of para-hydroxylation sites is 1. The SMILES string of the molecule is ClC1N=C(c2ccc3ccccc3c2)c2c(oc3ccccc23)N1. The van der Waals surface area contributed by atoms with Gasteiger partial charge in [-0.1, -0.05) is 66.2 Å². The number of aliphatic imine (C=N–C) groups is 1. The van der Waals surface area contributed by atoms with E-state index < -0.39 is 5.62 Å². The van der Waals surface area contributed by atoms with Crippen molar-refractivity contribution in [1.29, 1.82) is 0 Å². The molecule has 0 spiro atoms. The Balaban J connectivity index is 1.77. The Kier molecular flexibility index (Phi) is 2.91. The summed E-state index contributed by atoms with van der Waals surface area (Å²) < 4.78 is 5.92. The van der Waals surface area contributed by atoms with E-state index in [4.69, 9.17) is 16.0 Å². The first-order valence-electron chi connectivity index (χ1n) is 7.79. The standard InChI is InChI=1S/C20H13ClN2O/c21-20-22-18(14-10-9-12-5-1-2-6-13(12)11-14)17-15-7-3-4-8-16(15)24-19(17)23-20/h1-11,20,23H. The molecule has 3 aromatic carbocycles. The Hall–Kier alpha value is -2.78. The fourth-order valence-electron chi connectivity index (χ4n) is 3.26. The molecule has 3 nitrogen and oxygen atoms in total. The van der Waals surface area contributed by atoms with Gasteiger partial charge in [-0.15, -0.1) is 0 Å². The third-order valence-electron chi connectivity index (χ3n) is 4.35. The zero-order chi connectivity index (χ0) is 16.1. The molecule has 0 saturated heterocycles. The predicted molar refractivity (Wildman–Crippen MR) is 99.1 cm³/mol. The van der Waals surface area contributed by atoms with Crippen LogP contribution in [0.4, 0.5) is 5.88 Å². The Morgan fingerprint density at radius 2 is 1.71 bits per heavy atom. The van der Waals surface area contributed by atoms with E-state index in [2.05, 4.69) is 40.6 Å². The average molecular weight is 333 g/mol. The summed E-state index contributed by atoms with van der Waals surface area (Å²) in [7, 11) is 0. The molecule has 0 radical (unpaired) electrons. The van der Waals surface area contributed by atoms with Gasteiger partial charge in [-0.05, 0) is 22.9 Å². The van der Waals surface area contributed by atoms with E-state index in [1.807, 2.05) is 36.4 Å². The molecule has 4 heteroatoms. The Morgan fingerprint density at radius 3 is 2.62 bits per heavy atom. The molecule has 1 atom stereocenters. The number of fused-ring (bicyclic) bond motifs is 4. The van der Waals surface area contributed by atoms with Crippen LogP contribution in [0.25, 0.3) is 21.7 Å². The van der Waals surface area contributed by atoms with Crippen LogP contribution in [0.5, 0.6) is 0 Å². The molecule has 0 aliphatic carbocycles. The number of rotatable bonds is 1. The lowest BCUT2D eigenvalue weighted by atomic mass is 9.97. The Labute approximate surface area is 143 Å². The van der Waals surface area contributed by atoms with E-state index >= 15 is 0 Å². The molecular formula is C20H13ClN2O. The third kappa shape index (κ3) is 2.02. The van der Waals surface area contributed by atoms with Crippen molar-refractivity contribution in [3.8, 4) is 0 Å². The highest BCUT2D eigenvalue weighted by Gasteiger charge is 2.26. The first kappa shape index (κ1) is 13.6. The van der Waals surface area contributed by atoms with Gasteiger partial charge in [0, 0.05) is 10.9 Å². The van der Waals surface area contributed by atoms with Gasteiger partial charge in [0.2, 0.25) is 5.88 Å². The van der Waals surface area contributed by atoms with Crippen LogP contribution in [0, 0.1) is 0 Å². The number of anilines is 1. The van der Waals surface area contributed by atoms with Crippen molar-refractivity contribution in [2.75, 3.05) is 5.32 Å². The van der Waals surface area contributed by atoms with E-state index in [0.29, 0.717) is 5.88 Å². The highest BCUT2D eigenvalue weighted by Crippen LogP contribution is 2.36. The van der Waals surface area contributed by atoms with E-state index in [1.54, 1.807) is 0 Å². The van der Waals surface area contributed by atoms with Crippen molar-refractivity contribution in [2.24, 2.45) is 4.99 Å². The fourth-order valence-corrected chi connectivity index (χ4v) is 3.45. The van der Waals surface area contributed by atoms with E-state index in [-0.39, 0.29) is 0 Å². The summed E-state index contributed by atoms with van der Waals surface area (Å²) in [4.78, 5) is 4.63. The van der Waals surface area contributed by atoms with Crippen LogP contribution in [-0.4, -0.2) is 11.3 Å². The summed E-state index contributed by atoms with van der Waals surface area (Å²) in [5.74, 6) is 0.675. The maximum atomic E-state index is 6.28. The number of hydrogen-bond donors (Lipinski definition) is 1. The molecule has 0 amide bonds. The highest BCUT2D eigenvalue weighted by molar-refractivity contribution is 6.28. The van der Waals surface area contributed by atoms with Crippen LogP contribution >= 0.6 is 11.6 Å². The van der Waals surface area contributed by atoms with Gasteiger partial charge in [0.1, 0.15) is 5.58 Å². The largest absolute Gasteiger partial charge is 0.440 e. The number of benzene rings is 3. The zero-order valence-electron chi connectivity index (χ0n) is 12.7. The lowest BCUT2D eigenvalue weighted by Gasteiger charge is -2.18. The minimum absolute atomic E-state index is 0.542. The summed E-state index contributed by atoms with van der Waals surface area (Å²) in [5.41, 5.74) is 3.15. The Morgan fingerprint density at radius 1 is 0.917 bits per heavy atom. The average Bonchev–Trinajstić information content (AvgIpc) is 2.98.